The number of guanidine groups is 1. The second-order valence-corrected chi connectivity index (χ2v) is 1.42. The fraction of sp³-hybridized carbons (Fsp3) is 0. The molecule has 0 aliphatic carbocycles. The Balaban J connectivity index is 3.75. The molecule has 0 saturated heterocycles. The molecule has 0 radical (unpaired) electrons. The van der Waals surface area contributed by atoms with Crippen LogP contribution in [0.1, 0.15) is 0 Å². The Labute approximate surface area is 47.8 Å². The summed E-state index contributed by atoms with van der Waals surface area (Å²) >= 11 is -2.61. The van der Waals surface area contributed by atoms with Crippen molar-refractivity contribution in [1.29, 1.82) is 0 Å². The summed E-state index contributed by atoms with van der Waals surface area (Å²) in [7, 11) is 0. The highest BCUT2D eigenvalue weighted by Crippen LogP contribution is 1.70. The zero-order valence-corrected chi connectivity index (χ0v) is 4.51. The van der Waals surface area contributed by atoms with Gasteiger partial charge in [-0.15, -0.1) is 0 Å². The maximum Gasteiger partial charge on any atom is 0.225 e. The van der Waals surface area contributed by atoms with Crippen molar-refractivity contribution in [3.05, 3.63) is 0 Å². The van der Waals surface area contributed by atoms with Gasteiger partial charge in [0.15, 0.2) is 0 Å². The van der Waals surface area contributed by atoms with E-state index in [0.717, 1.165) is 0 Å². The van der Waals surface area contributed by atoms with Crippen molar-refractivity contribution in [3.63, 3.8) is 0 Å². The molecule has 0 fully saturated rings. The SMILES string of the molecule is NC(=NS(=O)[O-])NO. The highest BCUT2D eigenvalue weighted by molar-refractivity contribution is 7.77. The molecular weight excluding hydrogens is 134 g/mol. The van der Waals surface area contributed by atoms with Crippen LogP contribution in [0.25, 0.3) is 0 Å². The minimum atomic E-state index is -2.61. The van der Waals surface area contributed by atoms with Crippen LogP contribution in [0.5, 0.6) is 0 Å². The highest BCUT2D eigenvalue weighted by Gasteiger charge is 1.81. The smallest absolute Gasteiger partial charge is 0.225 e. The Kier molecular flexibility index (Phi) is 3.08. The van der Waals surface area contributed by atoms with Gasteiger partial charge in [-0.2, -0.15) is 4.40 Å². The number of nitrogens with two attached hydrogens (primary N) is 1. The fourth-order valence-corrected chi connectivity index (χ4v) is 0.302. The average molecular weight is 138 g/mol. The molecule has 8 heavy (non-hydrogen) atoms. The van der Waals surface area contributed by atoms with Gasteiger partial charge in [-0.1, -0.05) is 0 Å². The molecule has 0 heterocycles. The summed E-state index contributed by atoms with van der Waals surface area (Å²) in [5.41, 5.74) is 6.00. The zero-order chi connectivity index (χ0) is 6.57. The van der Waals surface area contributed by atoms with E-state index in [-0.39, 0.29) is 0 Å². The highest BCUT2D eigenvalue weighted by atomic mass is 32.2. The van der Waals surface area contributed by atoms with E-state index in [2.05, 4.69) is 10.1 Å². The fourth-order valence-electron chi connectivity index (χ4n) is 0.101. The number of hydrogen-bond donors (Lipinski definition) is 3. The van der Waals surface area contributed by atoms with Crippen LogP contribution in [0.15, 0.2) is 4.40 Å². The second-order valence-electron chi connectivity index (χ2n) is 0.805. The number of nitrogens with one attached hydrogen (secondary N) is 1. The lowest BCUT2D eigenvalue weighted by molar-refractivity contribution is 0.233. The predicted octanol–water partition coefficient (Wildman–Crippen LogP) is -1.93. The quantitative estimate of drug-likeness (QED) is 0.169. The summed E-state index contributed by atoms with van der Waals surface area (Å²) in [6, 6.07) is 0. The molecule has 0 spiro atoms. The third kappa shape index (κ3) is 3.53. The Morgan fingerprint density at radius 1 is 2.00 bits per heavy atom. The van der Waals surface area contributed by atoms with Gasteiger partial charge in [-0.05, 0) is 0 Å². The summed E-state index contributed by atoms with van der Waals surface area (Å²) in [6.07, 6.45) is 0. The molecule has 0 aromatic carbocycles. The first-order valence-electron chi connectivity index (χ1n) is 1.50. The van der Waals surface area contributed by atoms with Gasteiger partial charge in [-0.25, -0.2) is 9.69 Å². The van der Waals surface area contributed by atoms with Gasteiger partial charge in [0.2, 0.25) is 5.96 Å². The summed E-state index contributed by atoms with van der Waals surface area (Å²) < 4.78 is 21.7. The van der Waals surface area contributed by atoms with Gasteiger partial charge in [0.1, 0.15) is 0 Å². The minimum absolute atomic E-state index is 0.557. The number of hydrogen-bond acceptors (Lipinski definition) is 3. The van der Waals surface area contributed by atoms with Crippen molar-refractivity contribution < 1.29 is 14.0 Å². The third-order valence-electron chi connectivity index (χ3n) is 0.287. The lowest BCUT2D eigenvalue weighted by atomic mass is 11.1. The Bertz CT molecular complexity index is 122. The molecule has 0 amide bonds. The zero-order valence-electron chi connectivity index (χ0n) is 3.70. The third-order valence-corrected chi connectivity index (χ3v) is 0.633. The Morgan fingerprint density at radius 2 is 2.50 bits per heavy atom. The van der Waals surface area contributed by atoms with E-state index in [4.69, 9.17) is 5.21 Å². The van der Waals surface area contributed by atoms with E-state index in [1.165, 1.54) is 5.48 Å². The molecule has 0 aromatic rings. The molecule has 7 heteroatoms. The minimum Gasteiger partial charge on any atom is -0.754 e. The molecule has 1 unspecified atom stereocenters. The first-order valence-corrected chi connectivity index (χ1v) is 2.53. The summed E-state index contributed by atoms with van der Waals surface area (Å²) in [5.74, 6) is -0.557. The lowest BCUT2D eigenvalue weighted by Crippen LogP contribution is -2.28. The normalized spacial score (nSPS) is 15.5. The van der Waals surface area contributed by atoms with Crippen LogP contribution < -0.4 is 11.2 Å². The summed E-state index contributed by atoms with van der Waals surface area (Å²) in [4.78, 5) is 0. The maximum atomic E-state index is 9.55. The molecule has 4 N–H and O–H groups in total. The van der Waals surface area contributed by atoms with E-state index < -0.39 is 17.2 Å². The number of rotatable bonds is 1. The van der Waals surface area contributed by atoms with Crippen LogP contribution in [0.3, 0.4) is 0 Å². The lowest BCUT2D eigenvalue weighted by Gasteiger charge is -1.97. The van der Waals surface area contributed by atoms with Crippen LogP contribution in [-0.4, -0.2) is 19.9 Å². The molecule has 0 aliphatic rings. The molecule has 0 bridgehead atoms. The van der Waals surface area contributed by atoms with E-state index in [9.17, 15) is 8.76 Å². The molecule has 0 rings (SSSR count). The van der Waals surface area contributed by atoms with Crippen LogP contribution >= 0.6 is 0 Å². The Morgan fingerprint density at radius 3 is 2.62 bits per heavy atom. The van der Waals surface area contributed by atoms with Gasteiger partial charge in [0, 0.05) is 0 Å². The average Bonchev–Trinajstić information content (AvgIpc) is 1.65. The van der Waals surface area contributed by atoms with Crippen LogP contribution in [0.4, 0.5) is 0 Å². The van der Waals surface area contributed by atoms with E-state index in [1.54, 1.807) is 0 Å². The molecule has 1 atom stereocenters. The summed E-state index contributed by atoms with van der Waals surface area (Å²) in [5, 5.41) is 7.80. The molecule has 0 aliphatic heterocycles. The van der Waals surface area contributed by atoms with Crippen molar-refractivity contribution in [2.24, 2.45) is 10.1 Å². The van der Waals surface area contributed by atoms with Crippen LogP contribution in [0.2, 0.25) is 0 Å². The topological polar surface area (TPSA) is 111 Å². The molecule has 0 aromatic heterocycles. The van der Waals surface area contributed by atoms with Gasteiger partial charge in [0.05, 0.1) is 11.3 Å². The molecule has 6 nitrogen and oxygen atoms in total. The largest absolute Gasteiger partial charge is 0.754 e. The maximum absolute atomic E-state index is 9.55. The van der Waals surface area contributed by atoms with Crippen molar-refractivity contribution in [3.8, 4) is 0 Å². The standard InChI is InChI=1S/CH5N3O3S/c2-1(3-5)4-8(6)7/h5H,(H,6,7)(H3,2,3,4)/p-1. The summed E-state index contributed by atoms with van der Waals surface area (Å²) in [6.45, 7) is 0. The van der Waals surface area contributed by atoms with Gasteiger partial charge < -0.3 is 10.3 Å². The monoisotopic (exact) mass is 138 g/mol. The van der Waals surface area contributed by atoms with Gasteiger partial charge in [-0.3, -0.25) is 5.21 Å². The van der Waals surface area contributed by atoms with Crippen molar-refractivity contribution >= 4 is 17.2 Å². The number of nitrogens with zero attached hydrogens (tertiary/aromatic N) is 1. The van der Waals surface area contributed by atoms with Crippen LogP contribution in [-0.2, 0) is 11.3 Å². The Hall–Kier alpha value is -0.660. The van der Waals surface area contributed by atoms with Gasteiger partial charge in [0.25, 0.3) is 0 Å². The van der Waals surface area contributed by atoms with Crippen LogP contribution in [0, 0.1) is 0 Å². The number of hydroxylamine groups is 1. The van der Waals surface area contributed by atoms with Crippen molar-refractivity contribution in [2.45, 2.75) is 0 Å². The van der Waals surface area contributed by atoms with E-state index in [0.29, 0.717) is 0 Å². The van der Waals surface area contributed by atoms with E-state index >= 15 is 0 Å². The first-order chi connectivity index (χ1) is 3.66. The molecular formula is CH4N3O3S-. The van der Waals surface area contributed by atoms with E-state index in [1.807, 2.05) is 0 Å². The van der Waals surface area contributed by atoms with Crippen molar-refractivity contribution in [1.82, 2.24) is 5.48 Å². The first kappa shape index (κ1) is 7.34. The van der Waals surface area contributed by atoms with Gasteiger partial charge >= 0.3 is 0 Å². The second kappa shape index (κ2) is 3.36. The predicted molar refractivity (Wildman–Crippen MR) is 25.5 cm³/mol. The molecule has 0 saturated carbocycles. The molecule has 48 valence electrons. The van der Waals surface area contributed by atoms with Crippen molar-refractivity contribution in [2.75, 3.05) is 0 Å².